The van der Waals surface area contributed by atoms with Crippen molar-refractivity contribution in [2.24, 2.45) is 17.8 Å². The average Bonchev–Trinajstić information content (AvgIpc) is 2.35. The molecule has 18 heavy (non-hydrogen) atoms. The van der Waals surface area contributed by atoms with E-state index in [4.69, 9.17) is 5.11 Å². The molecule has 0 saturated carbocycles. The van der Waals surface area contributed by atoms with Gasteiger partial charge in [-0.3, -0.25) is 9.59 Å². The number of amides is 1. The Morgan fingerprint density at radius 3 is 2.22 bits per heavy atom. The summed E-state index contributed by atoms with van der Waals surface area (Å²) in [5.74, 6) is 0.168. The third-order valence-electron chi connectivity index (χ3n) is 4.10. The van der Waals surface area contributed by atoms with E-state index in [-0.39, 0.29) is 11.8 Å². The van der Waals surface area contributed by atoms with Crippen LogP contribution < -0.4 is 0 Å². The molecule has 104 valence electrons. The minimum absolute atomic E-state index is 0.194. The van der Waals surface area contributed by atoms with Gasteiger partial charge in [-0.25, -0.2) is 0 Å². The predicted octanol–water partition coefficient (Wildman–Crippen LogP) is 2.38. The summed E-state index contributed by atoms with van der Waals surface area (Å²) >= 11 is 0. The van der Waals surface area contributed by atoms with Gasteiger partial charge in [0.1, 0.15) is 0 Å². The summed E-state index contributed by atoms with van der Waals surface area (Å²) in [6.07, 6.45) is 2.82. The number of hydrogen-bond acceptors (Lipinski definition) is 2. The Kier molecular flexibility index (Phi) is 5.63. The maximum atomic E-state index is 12.1. The van der Waals surface area contributed by atoms with Gasteiger partial charge in [0, 0.05) is 19.5 Å². The fraction of sp³-hybridized carbons (Fsp3) is 0.857. The molecule has 0 radical (unpaired) electrons. The largest absolute Gasteiger partial charge is 0.481 e. The molecule has 1 N–H and O–H groups in total. The molecule has 4 heteroatoms. The first-order valence-electron chi connectivity index (χ1n) is 6.96. The summed E-state index contributed by atoms with van der Waals surface area (Å²) in [7, 11) is 0. The van der Waals surface area contributed by atoms with Crippen molar-refractivity contribution >= 4 is 11.9 Å². The van der Waals surface area contributed by atoms with Crippen LogP contribution in [0.4, 0.5) is 0 Å². The monoisotopic (exact) mass is 255 g/mol. The Morgan fingerprint density at radius 2 is 1.83 bits per heavy atom. The normalized spacial score (nSPS) is 19.0. The van der Waals surface area contributed by atoms with Crippen LogP contribution in [-0.2, 0) is 9.59 Å². The van der Waals surface area contributed by atoms with E-state index < -0.39 is 5.97 Å². The van der Waals surface area contributed by atoms with Crippen molar-refractivity contribution in [3.05, 3.63) is 0 Å². The van der Waals surface area contributed by atoms with Gasteiger partial charge in [0.15, 0.2) is 0 Å². The van der Waals surface area contributed by atoms with Crippen molar-refractivity contribution in [2.45, 2.75) is 46.5 Å². The Labute approximate surface area is 109 Å². The highest BCUT2D eigenvalue weighted by molar-refractivity contribution is 5.77. The first-order chi connectivity index (χ1) is 8.45. The second kappa shape index (κ2) is 6.76. The molecule has 0 aromatic rings. The summed E-state index contributed by atoms with van der Waals surface area (Å²) in [6.45, 7) is 7.62. The van der Waals surface area contributed by atoms with E-state index in [1.165, 1.54) is 0 Å². The molecule has 0 aromatic heterocycles. The average molecular weight is 255 g/mol. The van der Waals surface area contributed by atoms with Crippen molar-refractivity contribution in [3.8, 4) is 0 Å². The van der Waals surface area contributed by atoms with Crippen LogP contribution in [0.1, 0.15) is 46.5 Å². The molecule has 0 bridgehead atoms. The number of aliphatic carboxylic acids is 1. The number of hydrogen-bond donors (Lipinski definition) is 1. The van der Waals surface area contributed by atoms with Gasteiger partial charge >= 0.3 is 5.97 Å². The van der Waals surface area contributed by atoms with Gasteiger partial charge in [-0.1, -0.05) is 27.2 Å². The second-order valence-corrected chi connectivity index (χ2v) is 5.61. The van der Waals surface area contributed by atoms with Gasteiger partial charge in [0.2, 0.25) is 5.91 Å². The Hall–Kier alpha value is -1.06. The Morgan fingerprint density at radius 1 is 1.28 bits per heavy atom. The quantitative estimate of drug-likeness (QED) is 0.820. The molecule has 1 rings (SSSR count). The predicted molar refractivity (Wildman–Crippen MR) is 70.2 cm³/mol. The highest BCUT2D eigenvalue weighted by Gasteiger charge is 2.28. The van der Waals surface area contributed by atoms with Crippen molar-refractivity contribution in [2.75, 3.05) is 13.1 Å². The van der Waals surface area contributed by atoms with E-state index in [0.717, 1.165) is 6.42 Å². The number of nitrogens with zero attached hydrogens (tertiary/aromatic N) is 1. The number of carboxylic acid groups (broad SMARTS) is 1. The number of rotatable bonds is 5. The van der Waals surface area contributed by atoms with Gasteiger partial charge in [0.05, 0.1) is 5.92 Å². The zero-order valence-electron chi connectivity index (χ0n) is 11.7. The fourth-order valence-electron chi connectivity index (χ4n) is 2.58. The third-order valence-corrected chi connectivity index (χ3v) is 4.10. The molecular formula is C14H25NO3. The van der Waals surface area contributed by atoms with E-state index >= 15 is 0 Å². The fourth-order valence-corrected chi connectivity index (χ4v) is 2.58. The molecule has 1 saturated heterocycles. The molecule has 1 unspecified atom stereocenters. The summed E-state index contributed by atoms with van der Waals surface area (Å²) in [6, 6.07) is 0. The smallest absolute Gasteiger partial charge is 0.306 e. The third kappa shape index (κ3) is 4.00. The molecule has 1 fully saturated rings. The van der Waals surface area contributed by atoms with Crippen molar-refractivity contribution < 1.29 is 14.7 Å². The van der Waals surface area contributed by atoms with Crippen LogP contribution in [0.3, 0.4) is 0 Å². The standard InChI is InChI=1S/C14H25NO3/c1-4-11(10(2)3)9-13(16)15-7-5-12(6-8-15)14(17)18/h10-12H,4-9H2,1-3H3,(H,17,18). The lowest BCUT2D eigenvalue weighted by Crippen LogP contribution is -2.41. The zero-order valence-corrected chi connectivity index (χ0v) is 11.7. The lowest BCUT2D eigenvalue weighted by atomic mass is 9.89. The van der Waals surface area contributed by atoms with Crippen LogP contribution in [0.2, 0.25) is 0 Å². The zero-order chi connectivity index (χ0) is 13.7. The van der Waals surface area contributed by atoms with Crippen LogP contribution in [0.25, 0.3) is 0 Å². The SMILES string of the molecule is CCC(CC(=O)N1CCC(C(=O)O)CC1)C(C)C. The topological polar surface area (TPSA) is 57.6 Å². The Balaban J connectivity index is 2.42. The van der Waals surface area contributed by atoms with Crippen LogP contribution >= 0.6 is 0 Å². The van der Waals surface area contributed by atoms with E-state index in [0.29, 0.717) is 44.2 Å². The summed E-state index contributed by atoms with van der Waals surface area (Å²) < 4.78 is 0. The van der Waals surface area contributed by atoms with E-state index in [1.54, 1.807) is 0 Å². The maximum absolute atomic E-state index is 12.1. The minimum Gasteiger partial charge on any atom is -0.481 e. The second-order valence-electron chi connectivity index (χ2n) is 5.61. The molecule has 0 spiro atoms. The molecule has 0 aromatic carbocycles. The summed E-state index contributed by atoms with van der Waals surface area (Å²) in [5.41, 5.74) is 0. The van der Waals surface area contributed by atoms with Crippen LogP contribution in [0.5, 0.6) is 0 Å². The van der Waals surface area contributed by atoms with Gasteiger partial charge < -0.3 is 10.0 Å². The molecule has 1 amide bonds. The first-order valence-corrected chi connectivity index (χ1v) is 6.96. The molecule has 0 aliphatic carbocycles. The van der Waals surface area contributed by atoms with Gasteiger partial charge in [-0.15, -0.1) is 0 Å². The molecule has 1 aliphatic rings. The van der Waals surface area contributed by atoms with Crippen LogP contribution in [0, 0.1) is 17.8 Å². The highest BCUT2D eigenvalue weighted by Crippen LogP contribution is 2.23. The number of carboxylic acids is 1. The van der Waals surface area contributed by atoms with E-state index in [1.807, 2.05) is 4.90 Å². The number of likely N-dealkylation sites (tertiary alicyclic amines) is 1. The van der Waals surface area contributed by atoms with Gasteiger partial charge in [-0.2, -0.15) is 0 Å². The van der Waals surface area contributed by atoms with E-state index in [2.05, 4.69) is 20.8 Å². The number of carbonyl (C=O) groups is 2. The van der Waals surface area contributed by atoms with Crippen molar-refractivity contribution in [1.82, 2.24) is 4.90 Å². The number of carbonyl (C=O) groups excluding carboxylic acids is 1. The molecule has 1 aliphatic heterocycles. The van der Waals surface area contributed by atoms with Crippen LogP contribution in [-0.4, -0.2) is 35.0 Å². The molecular weight excluding hydrogens is 230 g/mol. The van der Waals surface area contributed by atoms with Crippen LogP contribution in [0.15, 0.2) is 0 Å². The highest BCUT2D eigenvalue weighted by atomic mass is 16.4. The lowest BCUT2D eigenvalue weighted by molar-refractivity contribution is -0.146. The summed E-state index contributed by atoms with van der Waals surface area (Å²) in [4.78, 5) is 24.8. The lowest BCUT2D eigenvalue weighted by Gasteiger charge is -2.31. The van der Waals surface area contributed by atoms with Gasteiger partial charge in [-0.05, 0) is 24.7 Å². The maximum Gasteiger partial charge on any atom is 0.306 e. The minimum atomic E-state index is -0.726. The molecule has 1 heterocycles. The van der Waals surface area contributed by atoms with E-state index in [9.17, 15) is 9.59 Å². The van der Waals surface area contributed by atoms with Crippen molar-refractivity contribution in [3.63, 3.8) is 0 Å². The number of piperidine rings is 1. The molecule has 4 nitrogen and oxygen atoms in total. The molecule has 1 atom stereocenters. The van der Waals surface area contributed by atoms with Crippen molar-refractivity contribution in [1.29, 1.82) is 0 Å². The van der Waals surface area contributed by atoms with Gasteiger partial charge in [0.25, 0.3) is 0 Å². The first kappa shape index (κ1) is 15.0. The Bertz CT molecular complexity index is 293. The summed E-state index contributed by atoms with van der Waals surface area (Å²) in [5, 5.41) is 8.92.